The van der Waals surface area contributed by atoms with Crippen molar-refractivity contribution in [3.05, 3.63) is 95.6 Å². The number of pyridine rings is 1. The molecule has 7 heterocycles. The molecule has 18 heteroatoms. The first-order valence-corrected chi connectivity index (χ1v) is 22.6. The highest BCUT2D eigenvalue weighted by molar-refractivity contribution is 6.23. The van der Waals surface area contributed by atoms with Crippen LogP contribution in [0.5, 0.6) is 0 Å². The van der Waals surface area contributed by atoms with Crippen LogP contribution in [0, 0.1) is 18.2 Å². The summed E-state index contributed by atoms with van der Waals surface area (Å²) in [4.78, 5) is 89.4. The van der Waals surface area contributed by atoms with Gasteiger partial charge in [-0.3, -0.25) is 39.1 Å². The van der Waals surface area contributed by atoms with Gasteiger partial charge in [0.1, 0.15) is 23.9 Å². The highest BCUT2D eigenvalue weighted by atomic mass is 19.1. The summed E-state index contributed by atoms with van der Waals surface area (Å²) in [5, 5.41) is 8.74. The van der Waals surface area contributed by atoms with E-state index in [9.17, 15) is 24.0 Å². The summed E-state index contributed by atoms with van der Waals surface area (Å²) in [6, 6.07) is 16.1. The Labute approximate surface area is 373 Å². The summed E-state index contributed by atoms with van der Waals surface area (Å²) in [6.07, 6.45) is 9.07. The van der Waals surface area contributed by atoms with E-state index in [0.717, 1.165) is 92.7 Å². The molecule has 3 N–H and O–H groups in total. The summed E-state index contributed by atoms with van der Waals surface area (Å²) >= 11 is 0. The van der Waals surface area contributed by atoms with Crippen LogP contribution < -0.4 is 25.8 Å². The van der Waals surface area contributed by atoms with Crippen molar-refractivity contribution in [3.8, 4) is 0 Å². The molecule has 0 radical (unpaired) electrons. The number of piperazine rings is 1. The normalized spacial score (nSPS) is 23.4. The minimum atomic E-state index is -1.09. The van der Waals surface area contributed by atoms with E-state index in [-0.39, 0.29) is 47.4 Å². The maximum atomic E-state index is 15.6. The molecule has 3 saturated heterocycles. The molecule has 2 aliphatic carbocycles. The number of hydrogen-bond acceptors (Lipinski definition) is 13. The third kappa shape index (κ3) is 7.42. The number of imide groups is 2. The molecular formula is C47H49FN12O5. The Morgan fingerprint density at radius 2 is 1.58 bits per heavy atom. The van der Waals surface area contributed by atoms with E-state index >= 15 is 4.39 Å². The van der Waals surface area contributed by atoms with Gasteiger partial charge in [-0.25, -0.2) is 24.3 Å². The first-order valence-electron chi connectivity index (χ1n) is 22.6. The summed E-state index contributed by atoms with van der Waals surface area (Å²) in [5.41, 5.74) is 5.33. The average molecular weight is 881 g/mol. The van der Waals surface area contributed by atoms with Gasteiger partial charge in [-0.15, -0.1) is 0 Å². The van der Waals surface area contributed by atoms with Crippen LogP contribution in [0.4, 0.5) is 27.3 Å². The van der Waals surface area contributed by atoms with Crippen LogP contribution in [0.1, 0.15) is 94.3 Å². The Hall–Kier alpha value is -6.82. The van der Waals surface area contributed by atoms with Gasteiger partial charge >= 0.3 is 0 Å². The number of nitrogens with one attached hydrogen (secondary N) is 3. The smallest absolute Gasteiger partial charge is 0.270 e. The van der Waals surface area contributed by atoms with Gasteiger partial charge in [-0.2, -0.15) is 0 Å². The van der Waals surface area contributed by atoms with Crippen molar-refractivity contribution in [3.63, 3.8) is 0 Å². The standard InChI is InChI=1S/C47H49FN12O5/c1-27-3-2-4-36(52-27)43(62)54-29-19-31(20-29)59-26-51-40-41(49-25-50-42(40)59)53-28-5-7-30(8-6-28)56-15-17-57(18-16-56)32-23-47(24-32)11-13-58(14-12-47)38-22-34-33(21-35(38)48)45(64)60(46(34)65)37-9-10-39(61)55-44(37)63/h2-8,21-22,25-26,29,31-32,37H,9-20,23-24H2,1H3,(H,54,62)(H,49,50,53)(H,55,61,63)/t29?,31?,37-/m0/s1. The summed E-state index contributed by atoms with van der Waals surface area (Å²) < 4.78 is 17.6. The van der Waals surface area contributed by atoms with E-state index in [2.05, 4.69) is 74.5 Å². The Kier molecular flexibility index (Phi) is 10.1. The number of aromatic nitrogens is 5. The molecule has 3 aromatic heterocycles. The molecule has 0 unspecified atom stereocenters. The number of imidazole rings is 1. The summed E-state index contributed by atoms with van der Waals surface area (Å²) in [5.74, 6) is -2.54. The quantitative estimate of drug-likeness (QED) is 0.176. The fraction of sp³-hybridized carbons (Fsp3) is 0.426. The molecule has 1 atom stereocenters. The lowest BCUT2D eigenvalue weighted by atomic mass is 9.60. The fourth-order valence-corrected chi connectivity index (χ4v) is 10.9. The molecule has 1 spiro atoms. The molecule has 65 heavy (non-hydrogen) atoms. The van der Waals surface area contributed by atoms with Gasteiger partial charge in [0.25, 0.3) is 17.7 Å². The number of aryl methyl sites for hydroxylation is 1. The van der Waals surface area contributed by atoms with Crippen LogP contribution in [0.3, 0.4) is 0 Å². The number of halogens is 1. The number of benzene rings is 2. The molecule has 0 bridgehead atoms. The number of carbonyl (C=O) groups excluding carboxylic acids is 5. The number of nitrogens with zero attached hydrogens (tertiary/aromatic N) is 9. The second-order valence-electron chi connectivity index (χ2n) is 18.5. The Bertz CT molecular complexity index is 2750. The Morgan fingerprint density at radius 1 is 0.846 bits per heavy atom. The average Bonchev–Trinajstić information content (AvgIpc) is 3.81. The fourth-order valence-electron chi connectivity index (χ4n) is 10.9. The Balaban J connectivity index is 0.645. The van der Waals surface area contributed by atoms with E-state index in [1.165, 1.54) is 11.8 Å². The molecule has 11 rings (SSSR count). The van der Waals surface area contributed by atoms with Crippen molar-refractivity contribution in [2.75, 3.05) is 54.4 Å². The van der Waals surface area contributed by atoms with Gasteiger partial charge in [0.2, 0.25) is 11.8 Å². The first kappa shape index (κ1) is 40.9. The molecule has 5 amide bonds. The van der Waals surface area contributed by atoms with Crippen LogP contribution in [-0.4, -0.2) is 121 Å². The third-order valence-corrected chi connectivity index (χ3v) is 14.7. The minimum absolute atomic E-state index is 0.0255. The number of hydrogen-bond donors (Lipinski definition) is 3. The van der Waals surface area contributed by atoms with Crippen LogP contribution in [0.25, 0.3) is 11.2 Å². The summed E-state index contributed by atoms with van der Waals surface area (Å²) in [6.45, 7) is 7.01. The largest absolute Gasteiger partial charge is 0.369 e. The maximum absolute atomic E-state index is 15.6. The third-order valence-electron chi connectivity index (χ3n) is 14.7. The monoisotopic (exact) mass is 880 g/mol. The number of carbonyl (C=O) groups is 5. The van der Waals surface area contributed by atoms with Gasteiger partial charge < -0.3 is 25.0 Å². The Morgan fingerprint density at radius 3 is 2.31 bits per heavy atom. The van der Waals surface area contributed by atoms with Crippen molar-refractivity contribution >= 4 is 63.6 Å². The molecule has 334 valence electrons. The first-order chi connectivity index (χ1) is 31.5. The number of fused-ring (bicyclic) bond motifs is 2. The van der Waals surface area contributed by atoms with E-state index in [1.807, 2.05) is 30.3 Å². The molecule has 5 aromatic rings. The van der Waals surface area contributed by atoms with Gasteiger partial charge in [0.05, 0.1) is 23.1 Å². The predicted octanol–water partition coefficient (Wildman–Crippen LogP) is 4.52. The predicted molar refractivity (Wildman–Crippen MR) is 237 cm³/mol. The van der Waals surface area contributed by atoms with Crippen LogP contribution in [-0.2, 0) is 9.59 Å². The lowest BCUT2D eigenvalue weighted by molar-refractivity contribution is -0.136. The lowest BCUT2D eigenvalue weighted by Crippen LogP contribution is -2.59. The topological polar surface area (TPSA) is 191 Å². The van der Waals surface area contributed by atoms with E-state index in [1.54, 1.807) is 12.4 Å². The van der Waals surface area contributed by atoms with Gasteiger partial charge in [0, 0.05) is 80.9 Å². The molecule has 4 aliphatic heterocycles. The SMILES string of the molecule is Cc1cccc(C(=O)NC2CC(n3cnc4c(Nc5ccc(N6CCN(C7CC8(CCN(c9cc%10c(cc9F)C(=O)N([C@H]9CCC(=O)NC9=O)C%10=O)CC8)C7)CC6)cc5)ncnc43)C2)n1. The minimum Gasteiger partial charge on any atom is -0.369 e. The number of anilines is 4. The number of amides is 5. The van der Waals surface area contributed by atoms with Crippen LogP contribution >= 0.6 is 0 Å². The van der Waals surface area contributed by atoms with Crippen molar-refractivity contribution in [1.29, 1.82) is 0 Å². The van der Waals surface area contributed by atoms with Gasteiger partial charge in [0.15, 0.2) is 17.0 Å². The molecule has 2 aromatic carbocycles. The van der Waals surface area contributed by atoms with Crippen molar-refractivity contribution in [1.82, 2.24) is 44.9 Å². The van der Waals surface area contributed by atoms with Crippen LogP contribution in [0.2, 0.25) is 0 Å². The van der Waals surface area contributed by atoms with Crippen LogP contribution in [0.15, 0.2) is 67.3 Å². The van der Waals surface area contributed by atoms with Crippen molar-refractivity contribution in [2.24, 2.45) is 5.41 Å². The summed E-state index contributed by atoms with van der Waals surface area (Å²) in [7, 11) is 0. The lowest BCUT2D eigenvalue weighted by Gasteiger charge is -2.56. The second kappa shape index (κ2) is 16.0. The van der Waals surface area contributed by atoms with Crippen molar-refractivity contribution in [2.45, 2.75) is 82.5 Å². The van der Waals surface area contributed by atoms with Gasteiger partial charge in [-0.1, -0.05) is 6.07 Å². The van der Waals surface area contributed by atoms with Gasteiger partial charge in [-0.05, 0) is 106 Å². The molecule has 17 nitrogen and oxygen atoms in total. The number of rotatable bonds is 9. The highest BCUT2D eigenvalue weighted by Gasteiger charge is 2.49. The zero-order chi connectivity index (χ0) is 44.6. The highest BCUT2D eigenvalue weighted by Crippen LogP contribution is 2.52. The van der Waals surface area contributed by atoms with E-state index < -0.39 is 35.5 Å². The molecule has 2 saturated carbocycles. The molecule has 5 fully saturated rings. The zero-order valence-corrected chi connectivity index (χ0v) is 36.0. The van der Waals surface area contributed by atoms with E-state index in [4.69, 9.17) is 0 Å². The number of piperidine rings is 2. The molecule has 6 aliphatic rings. The van der Waals surface area contributed by atoms with Crippen molar-refractivity contribution < 1.29 is 28.4 Å². The molecular weight excluding hydrogens is 832 g/mol. The second-order valence-corrected chi connectivity index (χ2v) is 18.5. The maximum Gasteiger partial charge on any atom is 0.270 e. The zero-order valence-electron chi connectivity index (χ0n) is 36.0. The van der Waals surface area contributed by atoms with E-state index in [0.29, 0.717) is 41.8 Å².